The molecular weight excluding hydrogens is 344 g/mol. The number of unbranched alkanes of at least 4 members (excludes halogenated alkanes) is 8. The molecule has 25 heavy (non-hydrogen) atoms. The average Bonchev–Trinajstić information content (AvgIpc) is 2.49. The van der Waals surface area contributed by atoms with Gasteiger partial charge in [-0.1, -0.05) is 58.3 Å². The van der Waals surface area contributed by atoms with E-state index in [4.69, 9.17) is 10.2 Å². The van der Waals surface area contributed by atoms with Gasteiger partial charge in [0, 0.05) is 12.8 Å². The van der Waals surface area contributed by atoms with E-state index in [-0.39, 0.29) is 80.7 Å². The van der Waals surface area contributed by atoms with Gasteiger partial charge in [-0.05, 0) is 12.8 Å². The molecule has 0 saturated carbocycles. The number of hydrogen-bond acceptors (Lipinski definition) is 3. The number of rotatable bonds is 15. The van der Waals surface area contributed by atoms with Crippen LogP contribution in [-0.2, 0) is 14.4 Å². The fourth-order valence-electron chi connectivity index (χ4n) is 2.39. The minimum atomic E-state index is -1.19. The van der Waals surface area contributed by atoms with E-state index < -0.39 is 18.0 Å². The van der Waals surface area contributed by atoms with Crippen LogP contribution in [0, 0.1) is 0 Å². The van der Waals surface area contributed by atoms with Crippen molar-refractivity contribution >= 4 is 17.8 Å². The molecule has 0 bridgehead atoms. The molecule has 8 heteroatoms. The third-order valence-corrected chi connectivity index (χ3v) is 3.79. The van der Waals surface area contributed by atoms with Gasteiger partial charge < -0.3 is 18.4 Å². The summed E-state index contributed by atoms with van der Waals surface area (Å²) >= 11 is 0. The summed E-state index contributed by atoms with van der Waals surface area (Å²) in [4.78, 5) is 33.1. The van der Waals surface area contributed by atoms with Crippen LogP contribution in [0.3, 0.4) is 0 Å². The van der Waals surface area contributed by atoms with Gasteiger partial charge in [0.15, 0.2) is 0 Å². The van der Waals surface area contributed by atoms with Gasteiger partial charge in [0.25, 0.3) is 0 Å². The molecular formula is C17H33NNa2O5. The van der Waals surface area contributed by atoms with E-state index in [1.165, 1.54) is 38.5 Å². The predicted octanol–water partition coefficient (Wildman–Crippen LogP) is -2.43. The van der Waals surface area contributed by atoms with Crippen LogP contribution in [0.1, 0.15) is 86.8 Å². The fourth-order valence-corrected chi connectivity index (χ4v) is 2.39. The van der Waals surface area contributed by atoms with Crippen molar-refractivity contribution in [3.05, 3.63) is 0 Å². The molecule has 138 valence electrons. The van der Waals surface area contributed by atoms with Crippen LogP contribution in [0.5, 0.6) is 0 Å². The summed E-state index contributed by atoms with van der Waals surface area (Å²) in [5.74, 6) is -2.57. The third-order valence-electron chi connectivity index (χ3n) is 3.79. The topological polar surface area (TPSA) is 104 Å². The summed E-state index contributed by atoms with van der Waals surface area (Å²) in [6, 6.07) is -1.11. The zero-order valence-electron chi connectivity index (χ0n) is 18.2. The minimum absolute atomic E-state index is 0. The van der Waals surface area contributed by atoms with Gasteiger partial charge in [0.2, 0.25) is 5.91 Å². The Balaban J connectivity index is -0.000000403. The van der Waals surface area contributed by atoms with E-state index >= 15 is 0 Å². The van der Waals surface area contributed by atoms with E-state index in [1.807, 2.05) is 0 Å². The summed E-state index contributed by atoms with van der Waals surface area (Å²) in [7, 11) is 0. The second-order valence-electron chi connectivity index (χ2n) is 5.97. The molecule has 1 amide bonds. The SMILES string of the molecule is CCCCCCCCCCCC(=O)N[C@@H](CCC(=O)O)C(=O)O.[H-].[H-].[Na+].[Na+]. The maximum Gasteiger partial charge on any atom is 1.00 e. The van der Waals surface area contributed by atoms with Crippen molar-refractivity contribution in [3.63, 3.8) is 0 Å². The molecule has 0 fully saturated rings. The van der Waals surface area contributed by atoms with Crippen LogP contribution in [-0.4, -0.2) is 34.1 Å². The maximum atomic E-state index is 11.7. The Morgan fingerprint density at radius 1 is 0.840 bits per heavy atom. The van der Waals surface area contributed by atoms with Crippen molar-refractivity contribution in [2.24, 2.45) is 0 Å². The second kappa shape index (κ2) is 20.7. The largest absolute Gasteiger partial charge is 1.00 e. The Kier molecular flexibility index (Phi) is 25.0. The Bertz CT molecular complexity index is 377. The van der Waals surface area contributed by atoms with E-state index in [1.54, 1.807) is 0 Å². The molecule has 0 aromatic heterocycles. The van der Waals surface area contributed by atoms with E-state index in [0.29, 0.717) is 6.42 Å². The van der Waals surface area contributed by atoms with Crippen molar-refractivity contribution < 1.29 is 86.6 Å². The summed E-state index contributed by atoms with van der Waals surface area (Å²) in [5, 5.41) is 19.9. The molecule has 0 aliphatic heterocycles. The Labute approximate surface area is 198 Å². The second-order valence-corrected chi connectivity index (χ2v) is 5.97. The molecule has 1 atom stereocenters. The number of carboxylic acid groups (broad SMARTS) is 2. The molecule has 0 heterocycles. The van der Waals surface area contributed by atoms with Gasteiger partial charge in [-0.3, -0.25) is 9.59 Å². The molecule has 3 N–H and O–H groups in total. The summed E-state index contributed by atoms with van der Waals surface area (Å²) in [6.45, 7) is 2.20. The summed E-state index contributed by atoms with van der Waals surface area (Å²) in [6.07, 6.45) is 10.3. The van der Waals surface area contributed by atoms with Crippen LogP contribution >= 0.6 is 0 Å². The van der Waals surface area contributed by atoms with Crippen LogP contribution in [0.15, 0.2) is 0 Å². The van der Waals surface area contributed by atoms with Gasteiger partial charge in [0.05, 0.1) is 0 Å². The summed E-state index contributed by atoms with van der Waals surface area (Å²) in [5.41, 5.74) is 0. The zero-order valence-corrected chi connectivity index (χ0v) is 20.2. The minimum Gasteiger partial charge on any atom is -1.00 e. The van der Waals surface area contributed by atoms with Crippen molar-refractivity contribution in [2.75, 3.05) is 0 Å². The average molecular weight is 377 g/mol. The van der Waals surface area contributed by atoms with Gasteiger partial charge in [-0.15, -0.1) is 0 Å². The number of carbonyl (C=O) groups excluding carboxylic acids is 1. The van der Waals surface area contributed by atoms with Crippen molar-refractivity contribution in [3.8, 4) is 0 Å². The molecule has 0 rings (SSSR count). The van der Waals surface area contributed by atoms with Crippen molar-refractivity contribution in [1.29, 1.82) is 0 Å². The molecule has 0 aliphatic rings. The van der Waals surface area contributed by atoms with Crippen LogP contribution in [0.25, 0.3) is 0 Å². The maximum absolute atomic E-state index is 11.7. The fraction of sp³-hybridized carbons (Fsp3) is 0.824. The van der Waals surface area contributed by atoms with E-state index in [2.05, 4.69) is 12.2 Å². The first-order chi connectivity index (χ1) is 11.0. The number of carboxylic acids is 2. The standard InChI is InChI=1S/C17H31NO5.2Na.2H/c1-2-3-4-5-6-7-8-9-10-11-15(19)18-14(17(22)23)12-13-16(20)21;;;;/h14H,2-13H2,1H3,(H,18,19)(H,20,21)(H,22,23);;;;/q;2*+1;2*-1/t14-;;;;/m0..../s1. The van der Waals surface area contributed by atoms with Crippen LogP contribution < -0.4 is 64.4 Å². The Morgan fingerprint density at radius 3 is 1.76 bits per heavy atom. The first kappa shape index (κ1) is 30.1. The van der Waals surface area contributed by atoms with Gasteiger partial charge >= 0.3 is 71.1 Å². The number of nitrogens with one attached hydrogen (secondary N) is 1. The Hall–Kier alpha value is 0.410. The molecule has 0 radical (unpaired) electrons. The van der Waals surface area contributed by atoms with Crippen LogP contribution in [0.4, 0.5) is 0 Å². The molecule has 0 aromatic carbocycles. The van der Waals surface area contributed by atoms with Crippen LogP contribution in [0.2, 0.25) is 0 Å². The Morgan fingerprint density at radius 2 is 1.32 bits per heavy atom. The van der Waals surface area contributed by atoms with Gasteiger partial charge in [0.1, 0.15) is 6.04 Å². The van der Waals surface area contributed by atoms with Gasteiger partial charge in [-0.2, -0.15) is 0 Å². The molecule has 0 aliphatic carbocycles. The number of aliphatic carboxylic acids is 2. The first-order valence-electron chi connectivity index (χ1n) is 8.71. The van der Waals surface area contributed by atoms with Crippen molar-refractivity contribution in [1.82, 2.24) is 5.32 Å². The molecule has 0 aromatic rings. The smallest absolute Gasteiger partial charge is 1.00 e. The molecule has 0 spiro atoms. The number of amides is 1. The first-order valence-corrected chi connectivity index (χ1v) is 8.71. The number of hydrogen-bond donors (Lipinski definition) is 3. The quantitative estimate of drug-likeness (QED) is 0.218. The zero-order chi connectivity index (χ0) is 17.5. The molecule has 0 saturated heterocycles. The van der Waals surface area contributed by atoms with E-state index in [0.717, 1.165) is 19.3 Å². The third kappa shape index (κ3) is 20.6. The normalized spacial score (nSPS) is 10.9. The number of carbonyl (C=O) groups is 3. The van der Waals surface area contributed by atoms with E-state index in [9.17, 15) is 14.4 Å². The van der Waals surface area contributed by atoms with Crippen molar-refractivity contribution in [2.45, 2.75) is 90.0 Å². The predicted molar refractivity (Wildman–Crippen MR) is 90.5 cm³/mol. The monoisotopic (exact) mass is 377 g/mol. The summed E-state index contributed by atoms with van der Waals surface area (Å²) < 4.78 is 0. The molecule has 6 nitrogen and oxygen atoms in total. The van der Waals surface area contributed by atoms with Gasteiger partial charge in [-0.25, -0.2) is 4.79 Å². The molecule has 0 unspecified atom stereocenters.